The van der Waals surface area contributed by atoms with Gasteiger partial charge < -0.3 is 20.2 Å². The summed E-state index contributed by atoms with van der Waals surface area (Å²) in [6, 6.07) is 8.41. The number of carbonyl (C=O) groups excluding carboxylic acids is 3. The van der Waals surface area contributed by atoms with Crippen LogP contribution in [-0.4, -0.2) is 44.0 Å². The van der Waals surface area contributed by atoms with Crippen LogP contribution in [0.5, 0.6) is 0 Å². The van der Waals surface area contributed by atoms with Crippen LogP contribution in [0.15, 0.2) is 30.3 Å². The molecular formula is C16H19N3O4. The molecule has 1 atom stereocenters. The van der Waals surface area contributed by atoms with Gasteiger partial charge in [-0.15, -0.1) is 0 Å². The Bertz CT molecular complexity index is 581. The first-order valence-corrected chi connectivity index (χ1v) is 7.08. The number of nitrogens with one attached hydrogen (secondary N) is 2. The zero-order valence-electron chi connectivity index (χ0n) is 12.9. The molecule has 2 N–H and O–H groups in total. The molecule has 0 heterocycles. The molecule has 7 nitrogen and oxygen atoms in total. The second kappa shape index (κ2) is 9.95. The maximum absolute atomic E-state index is 12.2. The third-order valence-electron chi connectivity index (χ3n) is 3.01. The molecule has 0 saturated heterocycles. The third-order valence-corrected chi connectivity index (χ3v) is 3.01. The number of nitrogens with zero attached hydrogens (tertiary/aromatic N) is 1. The molecule has 0 radical (unpaired) electrons. The van der Waals surface area contributed by atoms with Crippen molar-refractivity contribution in [3.8, 4) is 0 Å². The molecule has 0 aliphatic rings. The SMILES string of the molecule is [C-]#[N+]CC(=O)N[C@@H](Cc1ccccc1)C(=O)NCCC(=O)OC. The number of carbonyl (C=O) groups is 3. The van der Waals surface area contributed by atoms with Gasteiger partial charge >= 0.3 is 11.9 Å². The van der Waals surface area contributed by atoms with Gasteiger partial charge in [0.1, 0.15) is 6.04 Å². The predicted octanol–water partition coefficient (Wildman–Crippen LogP) is 0.312. The number of esters is 1. The maximum Gasteiger partial charge on any atom is 0.307 e. The number of hydrogen-bond acceptors (Lipinski definition) is 4. The van der Waals surface area contributed by atoms with Gasteiger partial charge in [0, 0.05) is 13.0 Å². The minimum Gasteiger partial charge on any atom is -0.469 e. The molecule has 23 heavy (non-hydrogen) atoms. The number of amides is 2. The predicted molar refractivity (Wildman–Crippen MR) is 83.2 cm³/mol. The van der Waals surface area contributed by atoms with Gasteiger partial charge in [-0.1, -0.05) is 30.3 Å². The van der Waals surface area contributed by atoms with Gasteiger partial charge in [-0.25, -0.2) is 6.57 Å². The highest BCUT2D eigenvalue weighted by atomic mass is 16.5. The number of hydrogen-bond donors (Lipinski definition) is 2. The Kier molecular flexibility index (Phi) is 7.86. The Morgan fingerprint density at radius 3 is 2.57 bits per heavy atom. The molecule has 0 aliphatic carbocycles. The molecule has 0 aromatic heterocycles. The van der Waals surface area contributed by atoms with Crippen LogP contribution in [0, 0.1) is 6.57 Å². The lowest BCUT2D eigenvalue weighted by atomic mass is 10.1. The molecule has 0 saturated carbocycles. The van der Waals surface area contributed by atoms with Crippen molar-refractivity contribution < 1.29 is 19.1 Å². The quantitative estimate of drug-likeness (QED) is 0.533. The lowest BCUT2D eigenvalue weighted by molar-refractivity contribution is -0.140. The standard InChI is InChI=1S/C16H19N3O4/c1-17-11-14(20)19-13(10-12-6-4-3-5-7-12)16(22)18-9-8-15(21)23-2/h3-7,13H,8-11H2,2H3,(H,18,22)(H,19,20)/t13-/m0/s1. The van der Waals surface area contributed by atoms with Crippen molar-refractivity contribution in [2.75, 3.05) is 20.2 Å². The highest BCUT2D eigenvalue weighted by Crippen LogP contribution is 2.04. The van der Waals surface area contributed by atoms with E-state index in [1.807, 2.05) is 30.3 Å². The topological polar surface area (TPSA) is 88.9 Å². The van der Waals surface area contributed by atoms with E-state index in [0.29, 0.717) is 6.42 Å². The summed E-state index contributed by atoms with van der Waals surface area (Å²) in [5, 5.41) is 5.12. The summed E-state index contributed by atoms with van der Waals surface area (Å²) in [6.07, 6.45) is 0.352. The molecule has 0 bridgehead atoms. The van der Waals surface area contributed by atoms with Gasteiger partial charge in [0.25, 0.3) is 6.54 Å². The van der Waals surface area contributed by atoms with Crippen LogP contribution >= 0.6 is 0 Å². The molecule has 0 unspecified atom stereocenters. The van der Waals surface area contributed by atoms with E-state index in [4.69, 9.17) is 6.57 Å². The van der Waals surface area contributed by atoms with Crippen molar-refractivity contribution >= 4 is 17.8 Å². The van der Waals surface area contributed by atoms with Gasteiger partial charge in [0.2, 0.25) is 5.91 Å². The zero-order valence-corrected chi connectivity index (χ0v) is 12.9. The third kappa shape index (κ3) is 7.09. The first-order valence-electron chi connectivity index (χ1n) is 7.08. The van der Waals surface area contributed by atoms with Crippen molar-refractivity contribution in [3.05, 3.63) is 47.3 Å². The highest BCUT2D eigenvalue weighted by Gasteiger charge is 2.22. The van der Waals surface area contributed by atoms with Gasteiger partial charge in [0.15, 0.2) is 0 Å². The molecule has 7 heteroatoms. The second-order valence-corrected chi connectivity index (χ2v) is 4.74. The number of rotatable bonds is 8. The second-order valence-electron chi connectivity index (χ2n) is 4.74. The summed E-state index contributed by atoms with van der Waals surface area (Å²) in [7, 11) is 1.27. The lowest BCUT2D eigenvalue weighted by Crippen LogP contribution is -2.49. The Hall–Kier alpha value is -2.88. The summed E-state index contributed by atoms with van der Waals surface area (Å²) in [6.45, 7) is 6.49. The molecule has 0 aliphatic heterocycles. The first-order chi connectivity index (χ1) is 11.1. The molecule has 122 valence electrons. The summed E-state index contributed by atoms with van der Waals surface area (Å²) < 4.78 is 4.49. The summed E-state index contributed by atoms with van der Waals surface area (Å²) in [5.41, 5.74) is 0.878. The fourth-order valence-electron chi connectivity index (χ4n) is 1.88. The fraction of sp³-hybridized carbons (Fsp3) is 0.375. The van der Waals surface area contributed by atoms with Crippen molar-refractivity contribution in [2.24, 2.45) is 0 Å². The minimum atomic E-state index is -0.802. The smallest absolute Gasteiger partial charge is 0.307 e. The molecule has 2 amide bonds. The molecule has 0 fully saturated rings. The van der Waals surface area contributed by atoms with Crippen LogP contribution < -0.4 is 10.6 Å². The van der Waals surface area contributed by atoms with Crippen molar-refractivity contribution in [2.45, 2.75) is 18.9 Å². The number of methoxy groups -OCH3 is 1. The zero-order chi connectivity index (χ0) is 17.1. The van der Waals surface area contributed by atoms with Gasteiger partial charge in [-0.05, 0) is 5.56 Å². The number of ether oxygens (including phenoxy) is 1. The summed E-state index contributed by atoms with van der Waals surface area (Å²) >= 11 is 0. The van der Waals surface area contributed by atoms with Crippen LogP contribution in [0.3, 0.4) is 0 Å². The maximum atomic E-state index is 12.2. The van der Waals surface area contributed by atoms with Gasteiger partial charge in [-0.2, -0.15) is 0 Å². The largest absolute Gasteiger partial charge is 0.469 e. The highest BCUT2D eigenvalue weighted by molar-refractivity contribution is 5.89. The van der Waals surface area contributed by atoms with E-state index < -0.39 is 23.8 Å². The first kappa shape index (κ1) is 18.2. The normalized spacial score (nSPS) is 11.0. The summed E-state index contributed by atoms with van der Waals surface area (Å²) in [4.78, 5) is 37.8. The number of benzene rings is 1. The Balaban J connectivity index is 2.66. The van der Waals surface area contributed by atoms with Gasteiger partial charge in [-0.3, -0.25) is 14.4 Å². The monoisotopic (exact) mass is 317 g/mol. The molecular weight excluding hydrogens is 298 g/mol. The molecule has 1 aromatic rings. The van der Waals surface area contributed by atoms with E-state index in [-0.39, 0.29) is 19.5 Å². The van der Waals surface area contributed by atoms with E-state index in [2.05, 4.69) is 20.2 Å². The minimum absolute atomic E-state index is 0.0519. The van der Waals surface area contributed by atoms with Crippen LogP contribution in [0.2, 0.25) is 0 Å². The Morgan fingerprint density at radius 2 is 1.96 bits per heavy atom. The van der Waals surface area contributed by atoms with Crippen LogP contribution in [-0.2, 0) is 25.5 Å². The van der Waals surface area contributed by atoms with Crippen molar-refractivity contribution in [3.63, 3.8) is 0 Å². The van der Waals surface area contributed by atoms with Crippen molar-refractivity contribution in [1.82, 2.24) is 10.6 Å². The van der Waals surface area contributed by atoms with E-state index >= 15 is 0 Å². The Morgan fingerprint density at radius 1 is 1.26 bits per heavy atom. The Labute approximate surface area is 134 Å². The van der Waals surface area contributed by atoms with E-state index in [9.17, 15) is 14.4 Å². The van der Waals surface area contributed by atoms with Crippen LogP contribution in [0.1, 0.15) is 12.0 Å². The molecule has 1 rings (SSSR count). The van der Waals surface area contributed by atoms with Crippen molar-refractivity contribution in [1.29, 1.82) is 0 Å². The van der Waals surface area contributed by atoms with E-state index in [0.717, 1.165) is 5.56 Å². The van der Waals surface area contributed by atoms with E-state index in [1.165, 1.54) is 7.11 Å². The summed E-state index contributed by atoms with van der Waals surface area (Å²) in [5.74, 6) is -1.35. The average molecular weight is 317 g/mol. The van der Waals surface area contributed by atoms with E-state index in [1.54, 1.807) is 0 Å². The van der Waals surface area contributed by atoms with Crippen LogP contribution in [0.4, 0.5) is 0 Å². The fourth-order valence-corrected chi connectivity index (χ4v) is 1.88. The van der Waals surface area contributed by atoms with Crippen LogP contribution in [0.25, 0.3) is 4.85 Å². The average Bonchev–Trinajstić information content (AvgIpc) is 2.55. The molecule has 1 aromatic carbocycles. The van der Waals surface area contributed by atoms with Gasteiger partial charge in [0.05, 0.1) is 13.5 Å². The molecule has 0 spiro atoms. The lowest BCUT2D eigenvalue weighted by Gasteiger charge is -2.17.